The van der Waals surface area contributed by atoms with Crippen LogP contribution in [0.5, 0.6) is 11.5 Å². The molecule has 0 spiro atoms. The first-order chi connectivity index (χ1) is 12.5. The largest absolute Gasteiger partial charge is 1.00 e. The van der Waals surface area contributed by atoms with Crippen molar-refractivity contribution in [3.63, 3.8) is 0 Å². The van der Waals surface area contributed by atoms with Crippen LogP contribution in [-0.2, 0) is 13.6 Å². The van der Waals surface area contributed by atoms with Gasteiger partial charge in [-0.1, -0.05) is 0 Å². The van der Waals surface area contributed by atoms with Crippen LogP contribution in [-0.4, -0.2) is 24.6 Å². The molecular weight excluding hydrogens is 410 g/mol. The maximum atomic E-state index is 12.6. The van der Waals surface area contributed by atoms with E-state index in [1.807, 2.05) is 42.1 Å². The van der Waals surface area contributed by atoms with Gasteiger partial charge in [0.05, 0.1) is 21.3 Å². The highest BCUT2D eigenvalue weighted by Gasteiger charge is 2.20. The van der Waals surface area contributed by atoms with Gasteiger partial charge in [0.25, 0.3) is 0 Å². The molecule has 1 heterocycles. The molecule has 0 aliphatic rings. The predicted octanol–water partition coefficient (Wildman–Crippen LogP) is -0.534. The van der Waals surface area contributed by atoms with Crippen molar-refractivity contribution in [2.45, 2.75) is 6.54 Å². The summed E-state index contributed by atoms with van der Waals surface area (Å²) in [5.41, 5.74) is 8.74. The molecule has 0 bridgehead atoms. The number of benzene rings is 2. The summed E-state index contributed by atoms with van der Waals surface area (Å²) >= 11 is 0. The second kappa shape index (κ2) is 8.73. The van der Waals surface area contributed by atoms with Gasteiger partial charge in [0.2, 0.25) is 0 Å². The zero-order valence-electron chi connectivity index (χ0n) is 15.5. The van der Waals surface area contributed by atoms with Gasteiger partial charge in [-0.15, -0.1) is 0 Å². The number of carbonyl (C=O) groups excluding carboxylic acids is 1. The molecule has 0 saturated carbocycles. The van der Waals surface area contributed by atoms with Gasteiger partial charge in [0, 0.05) is 11.1 Å². The predicted molar refractivity (Wildman–Crippen MR) is 99.3 cm³/mol. The number of nitrogen functional groups attached to an aromatic ring is 1. The molecule has 2 N–H and O–H groups in total. The first-order valence-electron chi connectivity index (χ1n) is 8.19. The SMILES string of the molecule is COc1ccc(C(=O)C[n+]2cc(-c3ccc(OC)cc3)n(C)c2N)cc1.[Br-]. The van der Waals surface area contributed by atoms with E-state index in [-0.39, 0.29) is 29.3 Å². The highest BCUT2D eigenvalue weighted by Crippen LogP contribution is 2.23. The summed E-state index contributed by atoms with van der Waals surface area (Å²) in [5.74, 6) is 2.00. The van der Waals surface area contributed by atoms with Crippen molar-refractivity contribution in [2.24, 2.45) is 7.05 Å². The van der Waals surface area contributed by atoms with Crippen LogP contribution in [0.4, 0.5) is 5.95 Å². The Bertz CT molecular complexity index is 919. The third kappa shape index (κ3) is 4.31. The number of methoxy groups -OCH3 is 2. The monoisotopic (exact) mass is 431 g/mol. The van der Waals surface area contributed by atoms with Gasteiger partial charge >= 0.3 is 5.95 Å². The van der Waals surface area contributed by atoms with Crippen LogP contribution < -0.4 is 36.8 Å². The highest BCUT2D eigenvalue weighted by molar-refractivity contribution is 5.95. The number of imidazole rings is 1. The van der Waals surface area contributed by atoms with Crippen molar-refractivity contribution >= 4 is 11.7 Å². The number of carbonyl (C=O) groups is 1. The maximum Gasteiger partial charge on any atom is 0.355 e. The first kappa shape index (κ1) is 20.5. The van der Waals surface area contributed by atoms with Crippen molar-refractivity contribution in [3.05, 3.63) is 60.3 Å². The van der Waals surface area contributed by atoms with Gasteiger partial charge in [-0.05, 0) is 48.5 Å². The average Bonchev–Trinajstić information content (AvgIpc) is 2.96. The number of rotatable bonds is 6. The standard InChI is InChI=1S/C20H21N3O3.BrH/c1-22-18(14-4-8-16(25-2)9-5-14)12-23(20(22)21)13-19(24)15-6-10-17(26-3)11-7-15;/h4-12,21H,13H2,1-3H3;1H. The zero-order chi connectivity index (χ0) is 18.7. The molecule has 0 aliphatic heterocycles. The third-order valence-electron chi connectivity index (χ3n) is 4.39. The molecule has 7 heteroatoms. The highest BCUT2D eigenvalue weighted by atomic mass is 79.9. The van der Waals surface area contributed by atoms with Gasteiger partial charge in [0.1, 0.15) is 29.9 Å². The minimum absolute atomic E-state index is 0. The molecule has 0 fully saturated rings. The average molecular weight is 432 g/mol. The normalized spacial score (nSPS) is 10.2. The van der Waals surface area contributed by atoms with E-state index in [4.69, 9.17) is 15.2 Å². The lowest BCUT2D eigenvalue weighted by Crippen LogP contribution is -3.00. The van der Waals surface area contributed by atoms with Crippen LogP contribution in [0.2, 0.25) is 0 Å². The molecule has 0 amide bonds. The number of aromatic nitrogens is 2. The van der Waals surface area contributed by atoms with E-state index >= 15 is 0 Å². The number of nitrogens with two attached hydrogens (primary N) is 1. The Kier molecular flexibility index (Phi) is 6.63. The molecular formula is C20H22BrN3O3. The molecule has 1 aromatic heterocycles. The Hall–Kier alpha value is -2.80. The third-order valence-corrected chi connectivity index (χ3v) is 4.39. The first-order valence-corrected chi connectivity index (χ1v) is 8.19. The maximum absolute atomic E-state index is 12.6. The molecule has 0 aliphatic carbocycles. The number of anilines is 1. The summed E-state index contributed by atoms with van der Waals surface area (Å²) in [7, 11) is 5.11. The van der Waals surface area contributed by atoms with E-state index < -0.39 is 0 Å². The second-order valence-electron chi connectivity index (χ2n) is 5.94. The van der Waals surface area contributed by atoms with Crippen LogP contribution >= 0.6 is 0 Å². The molecule has 0 saturated heterocycles. The summed E-state index contributed by atoms with van der Waals surface area (Å²) in [6, 6.07) is 14.8. The molecule has 0 unspecified atom stereocenters. The summed E-state index contributed by atoms with van der Waals surface area (Å²) < 4.78 is 13.9. The number of halogens is 1. The van der Waals surface area contributed by atoms with Crippen molar-refractivity contribution in [2.75, 3.05) is 20.0 Å². The Labute approximate surface area is 168 Å². The lowest BCUT2D eigenvalue weighted by molar-refractivity contribution is -0.667. The fraction of sp³-hybridized carbons (Fsp3) is 0.200. The van der Waals surface area contributed by atoms with Crippen LogP contribution in [0.3, 0.4) is 0 Å². The lowest BCUT2D eigenvalue weighted by Gasteiger charge is -2.02. The Morgan fingerprint density at radius 2 is 1.52 bits per heavy atom. The van der Waals surface area contributed by atoms with Crippen LogP contribution in [0.1, 0.15) is 10.4 Å². The number of hydrogen-bond acceptors (Lipinski definition) is 4. The smallest absolute Gasteiger partial charge is 0.355 e. The molecule has 27 heavy (non-hydrogen) atoms. The summed E-state index contributed by atoms with van der Waals surface area (Å²) in [4.78, 5) is 12.6. The number of ketones is 1. The second-order valence-corrected chi connectivity index (χ2v) is 5.94. The minimum atomic E-state index is -0.0174. The number of Topliss-reactive ketones (excluding diaryl/α,β-unsaturated/α-hetero) is 1. The van der Waals surface area contributed by atoms with Gasteiger partial charge in [-0.2, -0.15) is 0 Å². The summed E-state index contributed by atoms with van der Waals surface area (Å²) in [6.07, 6.45) is 1.89. The van der Waals surface area contributed by atoms with Crippen molar-refractivity contribution in [1.82, 2.24) is 4.57 Å². The van der Waals surface area contributed by atoms with Crippen molar-refractivity contribution in [3.8, 4) is 22.8 Å². The van der Waals surface area contributed by atoms with Crippen molar-refractivity contribution < 1.29 is 35.8 Å². The van der Waals surface area contributed by atoms with Crippen molar-refractivity contribution in [1.29, 1.82) is 0 Å². The Morgan fingerprint density at radius 3 is 2.04 bits per heavy atom. The van der Waals surface area contributed by atoms with E-state index in [1.165, 1.54) is 0 Å². The molecule has 0 atom stereocenters. The fourth-order valence-corrected chi connectivity index (χ4v) is 2.80. The van der Waals surface area contributed by atoms with E-state index in [2.05, 4.69) is 0 Å². The van der Waals surface area contributed by atoms with Gasteiger partial charge in [0.15, 0.2) is 5.78 Å². The van der Waals surface area contributed by atoms with E-state index in [0.29, 0.717) is 11.5 Å². The quantitative estimate of drug-likeness (QED) is 0.420. The van der Waals surface area contributed by atoms with Gasteiger partial charge < -0.3 is 26.5 Å². The number of hydrogen-bond donors (Lipinski definition) is 1. The molecule has 142 valence electrons. The molecule has 2 aromatic carbocycles. The Morgan fingerprint density at radius 1 is 1.00 bits per heavy atom. The molecule has 6 nitrogen and oxygen atoms in total. The number of ether oxygens (including phenoxy) is 2. The lowest BCUT2D eigenvalue weighted by atomic mass is 10.1. The number of nitrogens with zero attached hydrogens (tertiary/aromatic N) is 2. The van der Waals surface area contributed by atoms with E-state index in [0.717, 1.165) is 22.8 Å². The minimum Gasteiger partial charge on any atom is -1.00 e. The summed E-state index contributed by atoms with van der Waals surface area (Å²) in [6.45, 7) is 0.169. The van der Waals surface area contributed by atoms with E-state index in [9.17, 15) is 4.79 Å². The van der Waals surface area contributed by atoms with Crippen LogP contribution in [0.15, 0.2) is 54.7 Å². The van der Waals surface area contributed by atoms with Gasteiger partial charge in [-0.3, -0.25) is 10.5 Å². The molecule has 3 aromatic rings. The van der Waals surface area contributed by atoms with Gasteiger partial charge in [-0.25, -0.2) is 9.13 Å². The summed E-state index contributed by atoms with van der Waals surface area (Å²) in [5, 5.41) is 0. The van der Waals surface area contributed by atoms with Crippen LogP contribution in [0.25, 0.3) is 11.3 Å². The van der Waals surface area contributed by atoms with Crippen LogP contribution in [0, 0.1) is 0 Å². The Balaban J connectivity index is 0.00000261. The zero-order valence-corrected chi connectivity index (χ0v) is 17.1. The molecule has 0 radical (unpaired) electrons. The van der Waals surface area contributed by atoms with E-state index in [1.54, 1.807) is 43.1 Å². The topological polar surface area (TPSA) is 70.4 Å². The molecule has 3 rings (SSSR count). The fourth-order valence-electron chi connectivity index (χ4n) is 2.80.